The van der Waals surface area contributed by atoms with Gasteiger partial charge < -0.3 is 15.3 Å². The molecule has 0 bridgehead atoms. The Hall–Kier alpha value is -1.10. The first-order chi connectivity index (χ1) is 10.7. The standard InChI is InChI=1S/C17H30N2O3/c1-2-19(11-12-20)17(22)14-7-9-15(10-8-14)18-16(21)13-5-3-4-6-13/h13-15,20H,2-12H2,1H3,(H,18,21). The van der Waals surface area contributed by atoms with Crippen LogP contribution < -0.4 is 5.32 Å². The monoisotopic (exact) mass is 310 g/mol. The molecule has 5 nitrogen and oxygen atoms in total. The highest BCUT2D eigenvalue weighted by Crippen LogP contribution is 2.28. The second-order valence-electron chi connectivity index (χ2n) is 6.68. The fourth-order valence-corrected chi connectivity index (χ4v) is 3.79. The van der Waals surface area contributed by atoms with E-state index in [0.29, 0.717) is 13.1 Å². The summed E-state index contributed by atoms with van der Waals surface area (Å²) in [6, 6.07) is 0.241. The van der Waals surface area contributed by atoms with Crippen molar-refractivity contribution >= 4 is 11.8 Å². The summed E-state index contributed by atoms with van der Waals surface area (Å²) in [6.45, 7) is 3.04. The van der Waals surface area contributed by atoms with Gasteiger partial charge in [-0.3, -0.25) is 9.59 Å². The van der Waals surface area contributed by atoms with Crippen molar-refractivity contribution in [3.63, 3.8) is 0 Å². The summed E-state index contributed by atoms with van der Waals surface area (Å²) in [6.07, 6.45) is 7.90. The number of nitrogens with zero attached hydrogens (tertiary/aromatic N) is 1. The molecule has 0 heterocycles. The number of carbonyl (C=O) groups excluding carboxylic acids is 2. The first-order valence-corrected chi connectivity index (χ1v) is 8.85. The summed E-state index contributed by atoms with van der Waals surface area (Å²) in [5, 5.41) is 12.2. The van der Waals surface area contributed by atoms with Crippen molar-refractivity contribution in [1.82, 2.24) is 10.2 Å². The zero-order chi connectivity index (χ0) is 15.9. The van der Waals surface area contributed by atoms with E-state index in [1.807, 2.05) is 6.92 Å². The van der Waals surface area contributed by atoms with Gasteiger partial charge in [0.05, 0.1) is 6.61 Å². The Kier molecular flexibility index (Phi) is 6.68. The predicted molar refractivity (Wildman–Crippen MR) is 85.2 cm³/mol. The first-order valence-electron chi connectivity index (χ1n) is 8.85. The molecule has 2 rings (SSSR count). The van der Waals surface area contributed by atoms with Gasteiger partial charge in [0.15, 0.2) is 0 Å². The Morgan fingerprint density at radius 3 is 2.23 bits per heavy atom. The van der Waals surface area contributed by atoms with Crippen molar-refractivity contribution in [2.45, 2.75) is 64.3 Å². The highest BCUT2D eigenvalue weighted by molar-refractivity contribution is 5.80. The van der Waals surface area contributed by atoms with Crippen LogP contribution in [-0.2, 0) is 9.59 Å². The van der Waals surface area contributed by atoms with Gasteiger partial charge in [-0.15, -0.1) is 0 Å². The molecule has 0 aliphatic heterocycles. The lowest BCUT2D eigenvalue weighted by Crippen LogP contribution is -2.44. The van der Waals surface area contributed by atoms with Gasteiger partial charge in [0.2, 0.25) is 11.8 Å². The average Bonchev–Trinajstić information content (AvgIpc) is 3.07. The smallest absolute Gasteiger partial charge is 0.225 e. The third kappa shape index (κ3) is 4.45. The normalized spacial score (nSPS) is 25.9. The molecule has 0 aromatic rings. The van der Waals surface area contributed by atoms with Crippen LogP contribution in [0.2, 0.25) is 0 Å². The van der Waals surface area contributed by atoms with E-state index < -0.39 is 0 Å². The summed E-state index contributed by atoms with van der Waals surface area (Å²) in [5.74, 6) is 0.672. The zero-order valence-electron chi connectivity index (χ0n) is 13.7. The minimum atomic E-state index is 0.0202. The van der Waals surface area contributed by atoms with E-state index in [1.54, 1.807) is 4.90 Å². The van der Waals surface area contributed by atoms with Gasteiger partial charge in [-0.25, -0.2) is 0 Å². The minimum absolute atomic E-state index is 0.0202. The van der Waals surface area contributed by atoms with Crippen molar-refractivity contribution in [2.75, 3.05) is 19.7 Å². The summed E-state index contributed by atoms with van der Waals surface area (Å²) in [7, 11) is 0. The van der Waals surface area contributed by atoms with Crippen LogP contribution >= 0.6 is 0 Å². The van der Waals surface area contributed by atoms with Gasteiger partial charge in [0.1, 0.15) is 0 Å². The van der Waals surface area contributed by atoms with Crippen LogP contribution in [0.25, 0.3) is 0 Å². The molecule has 0 unspecified atom stereocenters. The lowest BCUT2D eigenvalue weighted by Gasteiger charge is -2.32. The molecular weight excluding hydrogens is 280 g/mol. The molecule has 2 saturated carbocycles. The fourth-order valence-electron chi connectivity index (χ4n) is 3.79. The van der Waals surface area contributed by atoms with Gasteiger partial charge in [-0.2, -0.15) is 0 Å². The number of aliphatic hydroxyl groups is 1. The van der Waals surface area contributed by atoms with Crippen molar-refractivity contribution in [3.8, 4) is 0 Å². The number of hydrogen-bond donors (Lipinski definition) is 2. The molecule has 0 aromatic heterocycles. The molecule has 2 N–H and O–H groups in total. The van der Waals surface area contributed by atoms with Crippen molar-refractivity contribution in [2.24, 2.45) is 11.8 Å². The molecule has 2 aliphatic carbocycles. The topological polar surface area (TPSA) is 69.6 Å². The van der Waals surface area contributed by atoms with Crippen molar-refractivity contribution in [3.05, 3.63) is 0 Å². The second-order valence-corrected chi connectivity index (χ2v) is 6.68. The summed E-state index contributed by atoms with van der Waals surface area (Å²) < 4.78 is 0. The van der Waals surface area contributed by atoms with Gasteiger partial charge in [0, 0.05) is 31.0 Å². The van der Waals surface area contributed by atoms with Gasteiger partial charge in [0.25, 0.3) is 0 Å². The maximum absolute atomic E-state index is 12.4. The van der Waals surface area contributed by atoms with Crippen LogP contribution in [-0.4, -0.2) is 47.6 Å². The quantitative estimate of drug-likeness (QED) is 0.784. The highest BCUT2D eigenvalue weighted by Gasteiger charge is 2.31. The number of nitrogens with one attached hydrogen (secondary N) is 1. The molecule has 5 heteroatoms. The van der Waals surface area contributed by atoms with Gasteiger partial charge >= 0.3 is 0 Å². The molecule has 0 saturated heterocycles. The number of rotatable bonds is 6. The lowest BCUT2D eigenvalue weighted by atomic mass is 9.85. The number of hydrogen-bond acceptors (Lipinski definition) is 3. The molecule has 126 valence electrons. The second kappa shape index (κ2) is 8.51. The van der Waals surface area contributed by atoms with Crippen LogP contribution in [0.3, 0.4) is 0 Å². The Balaban J connectivity index is 1.75. The number of carbonyl (C=O) groups is 2. The van der Waals surface area contributed by atoms with E-state index in [4.69, 9.17) is 5.11 Å². The van der Waals surface area contributed by atoms with Gasteiger partial charge in [-0.1, -0.05) is 12.8 Å². The molecular formula is C17H30N2O3. The Labute approximate surface area is 133 Å². The summed E-state index contributed by atoms with van der Waals surface area (Å²) in [4.78, 5) is 26.3. The van der Waals surface area contributed by atoms with E-state index in [0.717, 1.165) is 38.5 Å². The molecule has 0 atom stereocenters. The van der Waals surface area contributed by atoms with Gasteiger partial charge in [-0.05, 0) is 45.4 Å². The van der Waals surface area contributed by atoms with Crippen LogP contribution in [0.15, 0.2) is 0 Å². The Morgan fingerprint density at radius 1 is 1.05 bits per heavy atom. The van der Waals surface area contributed by atoms with E-state index in [-0.39, 0.29) is 36.3 Å². The third-order valence-electron chi connectivity index (χ3n) is 5.21. The number of aliphatic hydroxyl groups excluding tert-OH is 1. The molecule has 0 radical (unpaired) electrons. The Morgan fingerprint density at radius 2 is 1.68 bits per heavy atom. The maximum atomic E-state index is 12.4. The molecule has 0 aromatic carbocycles. The molecule has 2 fully saturated rings. The predicted octanol–water partition coefficient (Wildman–Crippen LogP) is 1.69. The van der Waals surface area contributed by atoms with E-state index >= 15 is 0 Å². The van der Waals surface area contributed by atoms with E-state index in [1.165, 1.54) is 12.8 Å². The van der Waals surface area contributed by atoms with Crippen molar-refractivity contribution in [1.29, 1.82) is 0 Å². The molecule has 0 spiro atoms. The molecule has 2 aliphatic rings. The fraction of sp³-hybridized carbons (Fsp3) is 0.882. The Bertz CT molecular complexity index is 372. The SMILES string of the molecule is CCN(CCO)C(=O)C1CCC(NC(=O)C2CCCC2)CC1. The minimum Gasteiger partial charge on any atom is -0.395 e. The van der Waals surface area contributed by atoms with Crippen LogP contribution in [0, 0.1) is 11.8 Å². The van der Waals surface area contributed by atoms with Crippen LogP contribution in [0.4, 0.5) is 0 Å². The van der Waals surface area contributed by atoms with Crippen LogP contribution in [0.1, 0.15) is 58.3 Å². The molecule has 22 heavy (non-hydrogen) atoms. The first kappa shape index (κ1) is 17.3. The van der Waals surface area contributed by atoms with E-state index in [2.05, 4.69) is 5.32 Å². The van der Waals surface area contributed by atoms with Crippen LogP contribution in [0.5, 0.6) is 0 Å². The van der Waals surface area contributed by atoms with Crippen molar-refractivity contribution < 1.29 is 14.7 Å². The van der Waals surface area contributed by atoms with E-state index in [9.17, 15) is 9.59 Å². The zero-order valence-corrected chi connectivity index (χ0v) is 13.7. The summed E-state index contributed by atoms with van der Waals surface area (Å²) >= 11 is 0. The third-order valence-corrected chi connectivity index (χ3v) is 5.21. The number of amides is 2. The maximum Gasteiger partial charge on any atom is 0.225 e. The highest BCUT2D eigenvalue weighted by atomic mass is 16.3. The summed E-state index contributed by atoms with van der Waals surface area (Å²) in [5.41, 5.74) is 0. The molecule has 2 amide bonds. The largest absolute Gasteiger partial charge is 0.395 e. The lowest BCUT2D eigenvalue weighted by molar-refractivity contribution is -0.137. The number of likely N-dealkylation sites (N-methyl/N-ethyl adjacent to an activating group) is 1. The average molecular weight is 310 g/mol.